The van der Waals surface area contributed by atoms with Crippen LogP contribution in [0.3, 0.4) is 0 Å². The molecule has 29 heavy (non-hydrogen) atoms. The minimum atomic E-state index is -3.49. The average Bonchev–Trinajstić information content (AvgIpc) is 3.15. The van der Waals surface area contributed by atoms with E-state index in [1.807, 2.05) is 6.92 Å². The topological polar surface area (TPSA) is 91.8 Å². The molecule has 2 rings (SSSR count). The molecule has 0 bridgehead atoms. The molecule has 0 radical (unpaired) electrons. The lowest BCUT2D eigenvalue weighted by molar-refractivity contribution is 0.138. The van der Waals surface area contributed by atoms with Gasteiger partial charge in [0, 0.05) is 40.4 Å². The molecule has 1 saturated carbocycles. The molecule has 0 unspecified atom stereocenters. The largest absolute Gasteiger partial charge is 0.385 e. The fraction of sp³-hybridized carbons (Fsp3) is 0.650. The molecule has 0 spiro atoms. The summed E-state index contributed by atoms with van der Waals surface area (Å²) < 4.78 is 32.5. The molecule has 1 fully saturated rings. The zero-order valence-electron chi connectivity index (χ0n) is 17.7. The van der Waals surface area contributed by atoms with Gasteiger partial charge < -0.3 is 15.4 Å². The smallest absolute Gasteiger partial charge is 0.240 e. The third-order valence-electron chi connectivity index (χ3n) is 5.40. The van der Waals surface area contributed by atoms with Crippen molar-refractivity contribution in [2.24, 2.45) is 10.4 Å². The molecular weight excluding hydrogens is 503 g/mol. The van der Waals surface area contributed by atoms with Crippen molar-refractivity contribution < 1.29 is 13.2 Å². The normalized spacial score (nSPS) is 16.3. The van der Waals surface area contributed by atoms with Crippen LogP contribution in [0.1, 0.15) is 37.7 Å². The van der Waals surface area contributed by atoms with Gasteiger partial charge in [-0.15, -0.1) is 24.0 Å². The maximum Gasteiger partial charge on any atom is 0.240 e. The van der Waals surface area contributed by atoms with Crippen molar-refractivity contribution in [3.63, 3.8) is 0 Å². The highest BCUT2D eigenvalue weighted by atomic mass is 127. The summed E-state index contributed by atoms with van der Waals surface area (Å²) in [5.74, 6) is 0.693. The first kappa shape index (κ1) is 26.1. The molecule has 0 aliphatic heterocycles. The Bertz CT molecular complexity index is 733. The zero-order valence-corrected chi connectivity index (χ0v) is 20.8. The number of halogens is 1. The van der Waals surface area contributed by atoms with Crippen LogP contribution in [-0.2, 0) is 14.8 Å². The summed E-state index contributed by atoms with van der Waals surface area (Å²) >= 11 is 0. The second kappa shape index (κ2) is 12.7. The minimum Gasteiger partial charge on any atom is -0.385 e. The van der Waals surface area contributed by atoms with E-state index < -0.39 is 10.0 Å². The molecule has 7 nitrogen and oxygen atoms in total. The van der Waals surface area contributed by atoms with Crippen LogP contribution in [0.5, 0.6) is 0 Å². The first-order chi connectivity index (χ1) is 13.4. The summed E-state index contributed by atoms with van der Waals surface area (Å²) in [5, 5.41) is 6.58. The molecule has 0 atom stereocenters. The highest BCUT2D eigenvalue weighted by Gasteiger charge is 2.33. The van der Waals surface area contributed by atoms with E-state index in [-0.39, 0.29) is 40.8 Å². The van der Waals surface area contributed by atoms with Crippen molar-refractivity contribution >= 4 is 40.0 Å². The molecule has 0 saturated heterocycles. The van der Waals surface area contributed by atoms with Gasteiger partial charge in [0.1, 0.15) is 0 Å². The number of methoxy groups -OCH3 is 1. The summed E-state index contributed by atoms with van der Waals surface area (Å²) in [6.07, 6.45) is 5.98. The number of guanidine groups is 1. The number of rotatable bonds is 10. The Morgan fingerprint density at radius 1 is 1.14 bits per heavy atom. The van der Waals surface area contributed by atoms with E-state index >= 15 is 0 Å². The molecule has 1 aromatic carbocycles. The third-order valence-corrected chi connectivity index (χ3v) is 6.87. The van der Waals surface area contributed by atoms with Crippen LogP contribution in [0.4, 0.5) is 0 Å². The van der Waals surface area contributed by atoms with Gasteiger partial charge in [-0.2, -0.15) is 0 Å². The van der Waals surface area contributed by atoms with Crippen molar-refractivity contribution in [1.29, 1.82) is 0 Å². The SMILES string of the molecule is CN=C(NCCNS(=O)(=O)c1ccc(C)cc1)NCC1(CCOC)CCCC1.I. The van der Waals surface area contributed by atoms with E-state index in [2.05, 4.69) is 20.3 Å². The number of ether oxygens (including phenoxy) is 1. The monoisotopic (exact) mass is 538 g/mol. The first-order valence-corrected chi connectivity index (χ1v) is 11.4. The predicted octanol–water partition coefficient (Wildman–Crippen LogP) is 2.65. The van der Waals surface area contributed by atoms with E-state index in [0.29, 0.717) is 12.5 Å². The number of nitrogens with one attached hydrogen (secondary N) is 3. The quantitative estimate of drug-likeness (QED) is 0.185. The zero-order chi connectivity index (χ0) is 20.5. The van der Waals surface area contributed by atoms with Gasteiger partial charge in [-0.05, 0) is 43.7 Å². The van der Waals surface area contributed by atoms with Crippen LogP contribution >= 0.6 is 24.0 Å². The Morgan fingerprint density at radius 3 is 2.38 bits per heavy atom. The summed E-state index contributed by atoms with van der Waals surface area (Å²) in [6, 6.07) is 6.82. The van der Waals surface area contributed by atoms with E-state index in [0.717, 1.165) is 25.1 Å². The van der Waals surface area contributed by atoms with Gasteiger partial charge in [0.05, 0.1) is 4.90 Å². The van der Waals surface area contributed by atoms with Crippen LogP contribution in [0.25, 0.3) is 0 Å². The van der Waals surface area contributed by atoms with Crippen molar-refractivity contribution in [2.45, 2.75) is 43.9 Å². The summed E-state index contributed by atoms with van der Waals surface area (Å²) in [5.41, 5.74) is 1.29. The third kappa shape index (κ3) is 8.39. The standard InChI is InChI=1S/C20H34N4O3S.HI/c1-17-6-8-18(9-7-17)28(25,26)24-14-13-22-19(21-2)23-16-20(12-15-27-3)10-4-5-11-20;/h6-9,24H,4-5,10-16H2,1-3H3,(H2,21,22,23);1H. The fourth-order valence-electron chi connectivity index (χ4n) is 3.62. The molecule has 1 aliphatic carbocycles. The number of benzene rings is 1. The number of aryl methyl sites for hydroxylation is 1. The number of aliphatic imine (C=N–C) groups is 1. The van der Waals surface area contributed by atoms with Gasteiger partial charge >= 0.3 is 0 Å². The number of hydrogen-bond acceptors (Lipinski definition) is 4. The Kier molecular flexibility index (Phi) is 11.4. The van der Waals surface area contributed by atoms with Crippen molar-refractivity contribution in [3.8, 4) is 0 Å². The Morgan fingerprint density at radius 2 is 1.79 bits per heavy atom. The summed E-state index contributed by atoms with van der Waals surface area (Å²) in [6.45, 7) is 4.29. The summed E-state index contributed by atoms with van der Waals surface area (Å²) in [7, 11) is -0.0226. The lowest BCUT2D eigenvalue weighted by Gasteiger charge is -2.30. The van der Waals surface area contributed by atoms with Crippen LogP contribution in [0.2, 0.25) is 0 Å². The summed E-state index contributed by atoms with van der Waals surface area (Å²) in [4.78, 5) is 4.53. The lowest BCUT2D eigenvalue weighted by Crippen LogP contribution is -2.45. The van der Waals surface area contributed by atoms with E-state index in [1.54, 1.807) is 38.4 Å². The molecule has 1 aromatic rings. The molecule has 0 heterocycles. The predicted molar refractivity (Wildman–Crippen MR) is 129 cm³/mol. The fourth-order valence-corrected chi connectivity index (χ4v) is 4.65. The average molecular weight is 538 g/mol. The maximum atomic E-state index is 12.3. The number of hydrogen-bond donors (Lipinski definition) is 3. The van der Waals surface area contributed by atoms with Crippen LogP contribution < -0.4 is 15.4 Å². The van der Waals surface area contributed by atoms with E-state index in [4.69, 9.17) is 4.74 Å². The number of sulfonamides is 1. The molecule has 9 heteroatoms. The van der Waals surface area contributed by atoms with Crippen molar-refractivity contribution in [3.05, 3.63) is 29.8 Å². The highest BCUT2D eigenvalue weighted by molar-refractivity contribution is 14.0. The van der Waals surface area contributed by atoms with Gasteiger partial charge in [0.2, 0.25) is 10.0 Å². The van der Waals surface area contributed by atoms with Crippen molar-refractivity contribution in [2.75, 3.05) is 40.4 Å². The Labute approximate surface area is 192 Å². The van der Waals surface area contributed by atoms with Crippen LogP contribution in [0.15, 0.2) is 34.2 Å². The van der Waals surface area contributed by atoms with Crippen molar-refractivity contribution in [1.82, 2.24) is 15.4 Å². The highest BCUT2D eigenvalue weighted by Crippen LogP contribution is 2.40. The maximum absolute atomic E-state index is 12.3. The Balaban J connectivity index is 0.00000420. The van der Waals surface area contributed by atoms with Gasteiger partial charge in [-0.3, -0.25) is 4.99 Å². The molecule has 0 aromatic heterocycles. The second-order valence-electron chi connectivity index (χ2n) is 7.51. The lowest BCUT2D eigenvalue weighted by atomic mass is 9.83. The molecular formula is C20H35IN4O3S. The second-order valence-corrected chi connectivity index (χ2v) is 9.28. The van der Waals surface area contributed by atoms with Crippen LogP contribution in [0, 0.1) is 12.3 Å². The Hall–Kier alpha value is -0.910. The van der Waals surface area contributed by atoms with E-state index in [1.165, 1.54) is 25.7 Å². The van der Waals surface area contributed by atoms with Crippen LogP contribution in [-0.4, -0.2) is 54.8 Å². The molecule has 1 aliphatic rings. The van der Waals surface area contributed by atoms with Gasteiger partial charge in [0.15, 0.2) is 5.96 Å². The van der Waals surface area contributed by atoms with E-state index in [9.17, 15) is 8.42 Å². The molecule has 3 N–H and O–H groups in total. The minimum absolute atomic E-state index is 0. The molecule has 0 amide bonds. The van der Waals surface area contributed by atoms with Gasteiger partial charge in [-0.25, -0.2) is 13.1 Å². The first-order valence-electron chi connectivity index (χ1n) is 9.91. The van der Waals surface area contributed by atoms with Gasteiger partial charge in [0.25, 0.3) is 0 Å². The number of nitrogens with zero attached hydrogens (tertiary/aromatic N) is 1. The van der Waals surface area contributed by atoms with Gasteiger partial charge in [-0.1, -0.05) is 30.5 Å². The molecule has 166 valence electrons.